The number of carbonyl (C=O) groups excluding carboxylic acids is 1. The molecule has 3 N–H and O–H groups in total. The van der Waals surface area contributed by atoms with E-state index in [4.69, 9.17) is 5.73 Å². The molecule has 1 aromatic carbocycles. The quantitative estimate of drug-likeness (QED) is 0.886. The van der Waals surface area contributed by atoms with Gasteiger partial charge in [0.1, 0.15) is 0 Å². The van der Waals surface area contributed by atoms with Crippen LogP contribution in [0.3, 0.4) is 0 Å². The zero-order chi connectivity index (χ0) is 14.5. The van der Waals surface area contributed by atoms with Crippen molar-refractivity contribution in [1.82, 2.24) is 5.32 Å². The second kappa shape index (κ2) is 6.89. The Hall–Kier alpha value is -1.35. The van der Waals surface area contributed by atoms with Gasteiger partial charge in [-0.15, -0.1) is 0 Å². The summed E-state index contributed by atoms with van der Waals surface area (Å²) >= 11 is 0. The molecule has 1 fully saturated rings. The lowest BCUT2D eigenvalue weighted by Gasteiger charge is -2.33. The first-order chi connectivity index (χ1) is 9.56. The smallest absolute Gasteiger partial charge is 0.222 e. The predicted molar refractivity (Wildman–Crippen MR) is 82.1 cm³/mol. The Balaban J connectivity index is 1.83. The van der Waals surface area contributed by atoms with Gasteiger partial charge in [-0.3, -0.25) is 4.79 Å². The molecule has 4 unspecified atom stereocenters. The lowest BCUT2D eigenvalue weighted by Crippen LogP contribution is -2.43. The molecular formula is C17H26N2O. The minimum Gasteiger partial charge on any atom is -0.353 e. The first-order valence-corrected chi connectivity index (χ1v) is 7.66. The second-order valence-electron chi connectivity index (χ2n) is 6.29. The van der Waals surface area contributed by atoms with E-state index < -0.39 is 0 Å². The monoisotopic (exact) mass is 274 g/mol. The molecule has 0 aromatic heterocycles. The number of hydrogen-bond donors (Lipinski definition) is 2. The maximum Gasteiger partial charge on any atom is 0.222 e. The summed E-state index contributed by atoms with van der Waals surface area (Å²) in [5, 5.41) is 3.17. The normalized spacial score (nSPS) is 27.9. The fourth-order valence-corrected chi connectivity index (χ4v) is 3.16. The van der Waals surface area contributed by atoms with Crippen molar-refractivity contribution >= 4 is 5.91 Å². The minimum atomic E-state index is -0.214. The molecule has 0 spiro atoms. The highest BCUT2D eigenvalue weighted by Gasteiger charge is 2.26. The summed E-state index contributed by atoms with van der Waals surface area (Å²) in [5.74, 6) is 1.42. The van der Waals surface area contributed by atoms with Gasteiger partial charge in [0.15, 0.2) is 0 Å². The molecule has 0 bridgehead atoms. The van der Waals surface area contributed by atoms with Crippen molar-refractivity contribution in [3.63, 3.8) is 0 Å². The van der Waals surface area contributed by atoms with Gasteiger partial charge in [0.05, 0.1) is 0 Å². The highest BCUT2D eigenvalue weighted by Crippen LogP contribution is 2.28. The Morgan fingerprint density at radius 1 is 1.30 bits per heavy atom. The van der Waals surface area contributed by atoms with Gasteiger partial charge < -0.3 is 11.1 Å². The van der Waals surface area contributed by atoms with Crippen LogP contribution in [-0.2, 0) is 4.79 Å². The van der Waals surface area contributed by atoms with E-state index in [9.17, 15) is 4.79 Å². The fraction of sp³-hybridized carbons (Fsp3) is 0.588. The Kier molecular flexibility index (Phi) is 5.18. The van der Waals surface area contributed by atoms with Crippen LogP contribution in [0.25, 0.3) is 0 Å². The molecule has 1 aliphatic carbocycles. The van der Waals surface area contributed by atoms with Crippen molar-refractivity contribution in [1.29, 1.82) is 0 Å². The highest BCUT2D eigenvalue weighted by molar-refractivity contribution is 5.77. The largest absolute Gasteiger partial charge is 0.353 e. The van der Waals surface area contributed by atoms with Crippen molar-refractivity contribution in [2.45, 2.75) is 51.6 Å². The number of rotatable bonds is 4. The second-order valence-corrected chi connectivity index (χ2v) is 6.29. The molecule has 0 radical (unpaired) electrons. The van der Waals surface area contributed by atoms with E-state index >= 15 is 0 Å². The molecule has 20 heavy (non-hydrogen) atoms. The molecule has 1 aliphatic rings. The van der Waals surface area contributed by atoms with Gasteiger partial charge in [-0.05, 0) is 36.7 Å². The van der Waals surface area contributed by atoms with E-state index in [2.05, 4.69) is 19.2 Å². The average molecular weight is 274 g/mol. The summed E-state index contributed by atoms with van der Waals surface area (Å²) < 4.78 is 0. The summed E-state index contributed by atoms with van der Waals surface area (Å²) in [6.45, 7) is 4.53. The van der Waals surface area contributed by atoms with Crippen molar-refractivity contribution in [2.75, 3.05) is 0 Å². The van der Waals surface area contributed by atoms with Crippen LogP contribution >= 0.6 is 0 Å². The van der Waals surface area contributed by atoms with E-state index in [-0.39, 0.29) is 11.9 Å². The highest BCUT2D eigenvalue weighted by atomic mass is 16.1. The van der Waals surface area contributed by atoms with E-state index in [1.807, 2.05) is 30.3 Å². The third kappa shape index (κ3) is 4.07. The van der Waals surface area contributed by atoms with Crippen molar-refractivity contribution in [3.8, 4) is 0 Å². The number of nitrogens with one attached hydrogen (secondary N) is 1. The van der Waals surface area contributed by atoms with Gasteiger partial charge in [-0.25, -0.2) is 0 Å². The van der Waals surface area contributed by atoms with E-state index in [0.717, 1.165) is 17.9 Å². The van der Waals surface area contributed by atoms with Crippen molar-refractivity contribution in [2.24, 2.45) is 17.6 Å². The van der Waals surface area contributed by atoms with Gasteiger partial charge in [0, 0.05) is 18.5 Å². The molecule has 3 heteroatoms. The van der Waals surface area contributed by atoms with Crippen LogP contribution in [0, 0.1) is 11.8 Å². The zero-order valence-corrected chi connectivity index (χ0v) is 12.5. The molecule has 4 atom stereocenters. The van der Waals surface area contributed by atoms with Crippen LogP contribution in [0.2, 0.25) is 0 Å². The van der Waals surface area contributed by atoms with E-state index in [1.54, 1.807) is 0 Å². The molecule has 0 aliphatic heterocycles. The SMILES string of the molecule is CC1CCC(NC(=O)CC(N)c2ccccc2)C(C)C1. The molecule has 1 aromatic rings. The van der Waals surface area contributed by atoms with E-state index in [1.165, 1.54) is 12.8 Å². The fourth-order valence-electron chi connectivity index (χ4n) is 3.16. The predicted octanol–water partition coefficient (Wildman–Crippen LogP) is 3.02. The van der Waals surface area contributed by atoms with Crippen LogP contribution in [0.4, 0.5) is 0 Å². The number of hydrogen-bond acceptors (Lipinski definition) is 2. The molecule has 2 rings (SSSR count). The topological polar surface area (TPSA) is 55.1 Å². The van der Waals surface area contributed by atoms with Gasteiger partial charge >= 0.3 is 0 Å². The third-order valence-electron chi connectivity index (χ3n) is 4.41. The Morgan fingerprint density at radius 3 is 2.65 bits per heavy atom. The van der Waals surface area contributed by atoms with Crippen LogP contribution in [0.5, 0.6) is 0 Å². The minimum absolute atomic E-state index is 0.0766. The zero-order valence-electron chi connectivity index (χ0n) is 12.5. The lowest BCUT2D eigenvalue weighted by molar-refractivity contribution is -0.122. The molecule has 1 amide bonds. The third-order valence-corrected chi connectivity index (χ3v) is 4.41. The molecule has 110 valence electrons. The van der Waals surface area contributed by atoms with Crippen LogP contribution < -0.4 is 11.1 Å². The summed E-state index contributed by atoms with van der Waals surface area (Å²) in [5.41, 5.74) is 7.12. The number of benzene rings is 1. The Morgan fingerprint density at radius 2 is 2.00 bits per heavy atom. The first-order valence-electron chi connectivity index (χ1n) is 7.66. The number of carbonyl (C=O) groups is 1. The standard InChI is InChI=1S/C17H26N2O/c1-12-8-9-16(13(2)10-12)19-17(20)11-15(18)14-6-4-3-5-7-14/h3-7,12-13,15-16H,8-11,18H2,1-2H3,(H,19,20). The lowest BCUT2D eigenvalue weighted by atomic mass is 9.80. The molecular weight excluding hydrogens is 248 g/mol. The Bertz CT molecular complexity index is 432. The molecule has 3 nitrogen and oxygen atoms in total. The summed E-state index contributed by atoms with van der Waals surface area (Å²) in [6, 6.07) is 9.93. The van der Waals surface area contributed by atoms with Crippen LogP contribution in [0.15, 0.2) is 30.3 Å². The van der Waals surface area contributed by atoms with Crippen LogP contribution in [-0.4, -0.2) is 11.9 Å². The number of nitrogens with two attached hydrogens (primary N) is 1. The first kappa shape index (κ1) is 15.0. The van der Waals surface area contributed by atoms with Gasteiger partial charge in [-0.2, -0.15) is 0 Å². The summed E-state index contributed by atoms with van der Waals surface area (Å²) in [7, 11) is 0. The maximum atomic E-state index is 12.1. The average Bonchev–Trinajstić information content (AvgIpc) is 2.43. The summed E-state index contributed by atoms with van der Waals surface area (Å²) in [6.07, 6.45) is 3.87. The summed E-state index contributed by atoms with van der Waals surface area (Å²) in [4.78, 5) is 12.1. The maximum absolute atomic E-state index is 12.1. The Labute approximate surface area is 121 Å². The van der Waals surface area contributed by atoms with Crippen molar-refractivity contribution < 1.29 is 4.79 Å². The van der Waals surface area contributed by atoms with Gasteiger partial charge in [0.2, 0.25) is 5.91 Å². The van der Waals surface area contributed by atoms with Crippen LogP contribution in [0.1, 0.15) is 51.1 Å². The van der Waals surface area contributed by atoms with Gasteiger partial charge in [-0.1, -0.05) is 44.2 Å². The van der Waals surface area contributed by atoms with Gasteiger partial charge in [0.25, 0.3) is 0 Å². The molecule has 0 saturated heterocycles. The molecule has 0 heterocycles. The van der Waals surface area contributed by atoms with Crippen molar-refractivity contribution in [3.05, 3.63) is 35.9 Å². The molecule has 1 saturated carbocycles. The van der Waals surface area contributed by atoms with E-state index in [0.29, 0.717) is 18.4 Å². The number of amides is 1.